The highest BCUT2D eigenvalue weighted by molar-refractivity contribution is 5.27. The lowest BCUT2D eigenvalue weighted by atomic mass is 10.1. The van der Waals surface area contributed by atoms with E-state index in [4.69, 9.17) is 0 Å². The fourth-order valence-corrected chi connectivity index (χ4v) is 3.68. The zero-order valence-corrected chi connectivity index (χ0v) is 12.6. The molecule has 1 aromatic rings. The van der Waals surface area contributed by atoms with Crippen LogP contribution in [-0.2, 0) is 13.1 Å². The molecule has 3 heteroatoms. The molecule has 3 rings (SSSR count). The molecule has 1 atom stereocenters. The van der Waals surface area contributed by atoms with Gasteiger partial charge in [-0.05, 0) is 50.5 Å². The molecule has 2 aliphatic heterocycles. The Morgan fingerprint density at radius 2 is 1.85 bits per heavy atom. The molecule has 0 saturated carbocycles. The molecule has 2 fully saturated rings. The van der Waals surface area contributed by atoms with Crippen molar-refractivity contribution in [3.05, 3.63) is 35.4 Å². The van der Waals surface area contributed by atoms with Crippen LogP contribution in [0.4, 0.5) is 0 Å². The Kier molecular flexibility index (Phi) is 4.71. The van der Waals surface area contributed by atoms with E-state index in [2.05, 4.69) is 39.4 Å². The fraction of sp³-hybridized carbons (Fsp3) is 0.647. The first-order chi connectivity index (χ1) is 9.86. The first-order valence-electron chi connectivity index (χ1n) is 8.04. The molecule has 0 radical (unpaired) electrons. The van der Waals surface area contributed by atoms with Crippen molar-refractivity contribution in [3.63, 3.8) is 0 Å². The maximum Gasteiger partial charge on any atom is 0.0237 e. The van der Waals surface area contributed by atoms with E-state index in [1.165, 1.54) is 56.6 Å². The smallest absolute Gasteiger partial charge is 0.0237 e. The Bertz CT molecular complexity index is 426. The molecule has 1 aromatic carbocycles. The van der Waals surface area contributed by atoms with E-state index >= 15 is 0 Å². The maximum absolute atomic E-state index is 3.28. The van der Waals surface area contributed by atoms with Crippen LogP contribution in [0.1, 0.15) is 30.4 Å². The Balaban J connectivity index is 1.58. The second kappa shape index (κ2) is 6.70. The van der Waals surface area contributed by atoms with E-state index < -0.39 is 0 Å². The monoisotopic (exact) mass is 273 g/mol. The molecule has 0 aliphatic carbocycles. The number of benzene rings is 1. The molecule has 0 aromatic heterocycles. The molecule has 1 unspecified atom stereocenters. The van der Waals surface area contributed by atoms with Gasteiger partial charge in [-0.2, -0.15) is 0 Å². The third-order valence-electron chi connectivity index (χ3n) is 4.78. The van der Waals surface area contributed by atoms with E-state index in [0.29, 0.717) is 0 Å². The molecule has 0 bridgehead atoms. The van der Waals surface area contributed by atoms with Crippen LogP contribution >= 0.6 is 0 Å². The van der Waals surface area contributed by atoms with Crippen molar-refractivity contribution in [1.82, 2.24) is 15.1 Å². The van der Waals surface area contributed by atoms with Gasteiger partial charge >= 0.3 is 0 Å². The van der Waals surface area contributed by atoms with Crippen LogP contribution in [-0.4, -0.2) is 49.1 Å². The van der Waals surface area contributed by atoms with Gasteiger partial charge in [0.25, 0.3) is 0 Å². The summed E-state index contributed by atoms with van der Waals surface area (Å²) in [5, 5.41) is 3.28. The molecule has 3 nitrogen and oxygen atoms in total. The summed E-state index contributed by atoms with van der Waals surface area (Å²) >= 11 is 0. The topological polar surface area (TPSA) is 18.5 Å². The van der Waals surface area contributed by atoms with Gasteiger partial charge in [0.2, 0.25) is 0 Å². The minimum absolute atomic E-state index is 0.814. The number of hydrogen-bond acceptors (Lipinski definition) is 3. The van der Waals surface area contributed by atoms with Crippen molar-refractivity contribution in [1.29, 1.82) is 0 Å². The number of nitrogens with one attached hydrogen (secondary N) is 1. The van der Waals surface area contributed by atoms with Crippen LogP contribution in [0.15, 0.2) is 24.3 Å². The van der Waals surface area contributed by atoms with Crippen LogP contribution in [0.3, 0.4) is 0 Å². The first-order valence-corrected chi connectivity index (χ1v) is 8.04. The summed E-state index contributed by atoms with van der Waals surface area (Å²) in [5.74, 6) is 0. The highest BCUT2D eigenvalue weighted by Crippen LogP contribution is 2.22. The van der Waals surface area contributed by atoms with Crippen LogP contribution in [0.25, 0.3) is 0 Å². The van der Waals surface area contributed by atoms with Gasteiger partial charge in [0.15, 0.2) is 0 Å². The van der Waals surface area contributed by atoms with Crippen molar-refractivity contribution < 1.29 is 0 Å². The standard InChI is InChI=1S/C17H27N3/c1-18-12-15-6-2-3-7-16(15)13-19-11-8-17(14-19)20-9-4-5-10-20/h2-3,6-7,17-18H,4-5,8-14H2,1H3. The Hall–Kier alpha value is -0.900. The predicted octanol–water partition coefficient (Wildman–Crippen LogP) is 2.08. The molecule has 2 aliphatic rings. The van der Waals surface area contributed by atoms with E-state index in [-0.39, 0.29) is 0 Å². The summed E-state index contributed by atoms with van der Waals surface area (Å²) in [6, 6.07) is 9.67. The Morgan fingerprint density at radius 3 is 2.60 bits per heavy atom. The van der Waals surface area contributed by atoms with Gasteiger partial charge in [-0.15, -0.1) is 0 Å². The number of hydrogen-bond donors (Lipinski definition) is 1. The minimum Gasteiger partial charge on any atom is -0.316 e. The van der Waals surface area contributed by atoms with Gasteiger partial charge in [-0.1, -0.05) is 24.3 Å². The van der Waals surface area contributed by atoms with Crippen LogP contribution < -0.4 is 5.32 Å². The van der Waals surface area contributed by atoms with Crippen LogP contribution in [0.5, 0.6) is 0 Å². The normalized spacial score (nSPS) is 24.6. The third-order valence-corrected chi connectivity index (χ3v) is 4.78. The largest absolute Gasteiger partial charge is 0.316 e. The lowest BCUT2D eigenvalue weighted by Crippen LogP contribution is -2.35. The summed E-state index contributed by atoms with van der Waals surface area (Å²) in [4.78, 5) is 5.34. The van der Waals surface area contributed by atoms with Crippen molar-refractivity contribution in [2.75, 3.05) is 33.2 Å². The van der Waals surface area contributed by atoms with Crippen molar-refractivity contribution >= 4 is 0 Å². The van der Waals surface area contributed by atoms with Gasteiger partial charge < -0.3 is 5.32 Å². The average molecular weight is 273 g/mol. The van der Waals surface area contributed by atoms with Crippen molar-refractivity contribution in [2.24, 2.45) is 0 Å². The van der Waals surface area contributed by atoms with Gasteiger partial charge in [-0.3, -0.25) is 9.80 Å². The van der Waals surface area contributed by atoms with Gasteiger partial charge in [0, 0.05) is 32.2 Å². The molecule has 110 valence electrons. The molecular weight excluding hydrogens is 246 g/mol. The van der Waals surface area contributed by atoms with E-state index in [1.807, 2.05) is 7.05 Å². The fourth-order valence-electron chi connectivity index (χ4n) is 3.68. The molecular formula is C17H27N3. The zero-order valence-electron chi connectivity index (χ0n) is 12.6. The molecule has 20 heavy (non-hydrogen) atoms. The SMILES string of the molecule is CNCc1ccccc1CN1CCC(N2CCCC2)C1. The van der Waals surface area contributed by atoms with Gasteiger partial charge in [0.05, 0.1) is 0 Å². The van der Waals surface area contributed by atoms with Gasteiger partial charge in [-0.25, -0.2) is 0 Å². The average Bonchev–Trinajstić information content (AvgIpc) is 3.12. The Morgan fingerprint density at radius 1 is 1.10 bits per heavy atom. The molecule has 2 saturated heterocycles. The zero-order chi connectivity index (χ0) is 13.8. The predicted molar refractivity (Wildman–Crippen MR) is 83.7 cm³/mol. The summed E-state index contributed by atoms with van der Waals surface area (Å²) in [5.41, 5.74) is 2.93. The summed E-state index contributed by atoms with van der Waals surface area (Å²) < 4.78 is 0. The summed E-state index contributed by atoms with van der Waals surface area (Å²) in [6.45, 7) is 7.26. The van der Waals surface area contributed by atoms with Crippen molar-refractivity contribution in [2.45, 2.75) is 38.4 Å². The number of rotatable bonds is 5. The van der Waals surface area contributed by atoms with Crippen molar-refractivity contribution in [3.8, 4) is 0 Å². The second-order valence-corrected chi connectivity index (χ2v) is 6.22. The second-order valence-electron chi connectivity index (χ2n) is 6.22. The van der Waals surface area contributed by atoms with Crippen LogP contribution in [0.2, 0.25) is 0 Å². The highest BCUT2D eigenvalue weighted by Gasteiger charge is 2.29. The summed E-state index contributed by atoms with van der Waals surface area (Å²) in [6.07, 6.45) is 4.16. The van der Waals surface area contributed by atoms with Crippen LogP contribution in [0, 0.1) is 0 Å². The Labute approximate surface area is 123 Å². The molecule has 0 spiro atoms. The van der Waals surface area contributed by atoms with Gasteiger partial charge in [0.1, 0.15) is 0 Å². The van der Waals surface area contributed by atoms with E-state index in [9.17, 15) is 0 Å². The molecule has 0 amide bonds. The maximum atomic E-state index is 3.28. The lowest BCUT2D eigenvalue weighted by molar-refractivity contribution is 0.229. The van der Waals surface area contributed by atoms with E-state index in [0.717, 1.165) is 19.1 Å². The lowest BCUT2D eigenvalue weighted by Gasteiger charge is -2.24. The number of likely N-dealkylation sites (tertiary alicyclic amines) is 2. The van der Waals surface area contributed by atoms with E-state index in [1.54, 1.807) is 0 Å². The number of nitrogens with zero attached hydrogens (tertiary/aromatic N) is 2. The quantitative estimate of drug-likeness (QED) is 0.886. The molecule has 1 N–H and O–H groups in total. The highest BCUT2D eigenvalue weighted by atomic mass is 15.3. The molecule has 2 heterocycles. The first kappa shape index (κ1) is 14.1. The summed E-state index contributed by atoms with van der Waals surface area (Å²) in [7, 11) is 2.02. The minimum atomic E-state index is 0.814. The third kappa shape index (κ3) is 3.22.